The lowest BCUT2D eigenvalue weighted by Crippen LogP contribution is -2.34. The van der Waals surface area contributed by atoms with Crippen LogP contribution < -0.4 is 0 Å². The van der Waals surface area contributed by atoms with E-state index in [1.807, 2.05) is 0 Å². The zero-order valence-electron chi connectivity index (χ0n) is 8.50. The summed E-state index contributed by atoms with van der Waals surface area (Å²) in [7, 11) is 0. The molecule has 90 valence electrons. The third-order valence-corrected chi connectivity index (χ3v) is 4.00. The molecule has 1 saturated carbocycles. The molecule has 0 atom stereocenters. The second-order valence-corrected chi connectivity index (χ2v) is 5.59. The van der Waals surface area contributed by atoms with E-state index < -0.39 is 5.92 Å². The minimum Gasteiger partial charge on any atom is -0.301 e. The van der Waals surface area contributed by atoms with Crippen LogP contribution in [0.4, 0.5) is 8.78 Å². The highest BCUT2D eigenvalue weighted by Gasteiger charge is 2.46. The van der Waals surface area contributed by atoms with Gasteiger partial charge in [-0.1, -0.05) is 11.6 Å². The van der Waals surface area contributed by atoms with Crippen molar-refractivity contribution in [3.8, 4) is 0 Å². The Morgan fingerprint density at radius 1 is 1.47 bits per heavy atom. The van der Waals surface area contributed by atoms with Gasteiger partial charge in [-0.05, 0) is 22.6 Å². The summed E-state index contributed by atoms with van der Waals surface area (Å²) in [6.45, 7) is 0. The highest BCUT2D eigenvalue weighted by Crippen LogP contribution is 2.47. The first-order valence-corrected chi connectivity index (χ1v) is 6.48. The van der Waals surface area contributed by atoms with Gasteiger partial charge in [-0.2, -0.15) is 0 Å². The molecule has 3 nitrogen and oxygen atoms in total. The van der Waals surface area contributed by atoms with Crippen LogP contribution in [0.25, 0.3) is 5.52 Å². The highest BCUT2D eigenvalue weighted by molar-refractivity contribution is 14.1. The van der Waals surface area contributed by atoms with E-state index in [0.29, 0.717) is 10.8 Å². The summed E-state index contributed by atoms with van der Waals surface area (Å²) in [6.07, 6.45) is 3.06. The Bertz CT molecular complexity index is 590. The molecule has 0 spiro atoms. The Morgan fingerprint density at radius 2 is 2.18 bits per heavy atom. The van der Waals surface area contributed by atoms with Crippen molar-refractivity contribution < 1.29 is 8.78 Å². The molecule has 0 N–H and O–H groups in total. The van der Waals surface area contributed by atoms with E-state index in [2.05, 4.69) is 32.6 Å². The minimum absolute atomic E-state index is 0.145. The first kappa shape index (κ1) is 11.6. The van der Waals surface area contributed by atoms with E-state index >= 15 is 0 Å². The monoisotopic (exact) mass is 369 g/mol. The third kappa shape index (κ3) is 1.91. The fourth-order valence-electron chi connectivity index (χ4n) is 2.03. The molecular formula is C10H7ClF2IN3. The summed E-state index contributed by atoms with van der Waals surface area (Å²) in [5.41, 5.74) is 1.34. The predicted octanol–water partition coefficient (Wildman–Crippen LogP) is 3.50. The van der Waals surface area contributed by atoms with Crippen LogP contribution >= 0.6 is 34.2 Å². The van der Waals surface area contributed by atoms with Gasteiger partial charge in [-0.15, -0.1) is 0 Å². The molecule has 0 bridgehead atoms. The quantitative estimate of drug-likeness (QED) is 0.720. The van der Waals surface area contributed by atoms with Crippen molar-refractivity contribution in [3.63, 3.8) is 0 Å². The maximum atomic E-state index is 12.8. The zero-order chi connectivity index (χ0) is 12.2. The van der Waals surface area contributed by atoms with Gasteiger partial charge in [0.1, 0.15) is 15.5 Å². The van der Waals surface area contributed by atoms with Crippen LogP contribution in [0.3, 0.4) is 0 Å². The lowest BCUT2D eigenvalue weighted by atomic mass is 9.79. The third-order valence-electron chi connectivity index (χ3n) is 2.95. The molecule has 7 heteroatoms. The Balaban J connectivity index is 2.02. The molecule has 2 aromatic heterocycles. The Hall–Kier alpha value is -0.500. The number of nitrogens with zero attached hydrogens (tertiary/aromatic N) is 3. The number of rotatable bonds is 1. The van der Waals surface area contributed by atoms with E-state index in [1.165, 1.54) is 0 Å². The van der Waals surface area contributed by atoms with Crippen molar-refractivity contribution >= 4 is 39.7 Å². The van der Waals surface area contributed by atoms with Crippen LogP contribution in [0.5, 0.6) is 0 Å². The molecular weight excluding hydrogens is 362 g/mol. The van der Waals surface area contributed by atoms with Crippen LogP contribution in [-0.4, -0.2) is 20.3 Å². The summed E-state index contributed by atoms with van der Waals surface area (Å²) in [5, 5.41) is 0.319. The average molecular weight is 370 g/mol. The second kappa shape index (κ2) is 3.74. The van der Waals surface area contributed by atoms with Crippen LogP contribution in [0.2, 0.25) is 5.15 Å². The maximum absolute atomic E-state index is 12.8. The minimum atomic E-state index is -2.54. The van der Waals surface area contributed by atoms with Gasteiger partial charge >= 0.3 is 0 Å². The number of hydrogen-bond donors (Lipinski definition) is 0. The van der Waals surface area contributed by atoms with Gasteiger partial charge in [-0.3, -0.25) is 0 Å². The van der Waals surface area contributed by atoms with Crippen LogP contribution in [0.15, 0.2) is 12.5 Å². The van der Waals surface area contributed by atoms with Gasteiger partial charge in [-0.25, -0.2) is 18.7 Å². The van der Waals surface area contributed by atoms with Gasteiger partial charge in [0.05, 0.1) is 5.69 Å². The normalized spacial score (nSPS) is 19.5. The Kier molecular flexibility index (Phi) is 2.55. The van der Waals surface area contributed by atoms with Crippen LogP contribution in [0, 0.1) is 3.70 Å². The predicted molar refractivity (Wildman–Crippen MR) is 67.6 cm³/mol. The number of alkyl halides is 2. The number of imidazole rings is 1. The first-order valence-electron chi connectivity index (χ1n) is 5.03. The molecule has 0 unspecified atom stereocenters. The lowest BCUT2D eigenvalue weighted by molar-refractivity contribution is -0.0876. The molecule has 17 heavy (non-hydrogen) atoms. The number of halogens is 4. The van der Waals surface area contributed by atoms with Crippen molar-refractivity contribution in [2.75, 3.05) is 0 Å². The Morgan fingerprint density at radius 3 is 2.82 bits per heavy atom. The van der Waals surface area contributed by atoms with Crippen LogP contribution in [0.1, 0.15) is 24.5 Å². The van der Waals surface area contributed by atoms with Crippen molar-refractivity contribution in [2.24, 2.45) is 0 Å². The highest BCUT2D eigenvalue weighted by atomic mass is 127. The average Bonchev–Trinajstić information content (AvgIpc) is 2.57. The van der Waals surface area contributed by atoms with Crippen molar-refractivity contribution in [1.82, 2.24) is 14.4 Å². The molecule has 1 fully saturated rings. The molecule has 0 saturated heterocycles. The summed E-state index contributed by atoms with van der Waals surface area (Å²) < 4.78 is 28.1. The summed E-state index contributed by atoms with van der Waals surface area (Å²) in [6, 6.07) is 0. The topological polar surface area (TPSA) is 30.2 Å². The van der Waals surface area contributed by atoms with Crippen molar-refractivity contribution in [3.05, 3.63) is 27.1 Å². The second-order valence-electron chi connectivity index (χ2n) is 4.21. The largest absolute Gasteiger partial charge is 0.301 e. The smallest absolute Gasteiger partial charge is 0.249 e. The van der Waals surface area contributed by atoms with E-state index in [0.717, 1.165) is 9.22 Å². The van der Waals surface area contributed by atoms with E-state index in [-0.39, 0.29) is 18.8 Å². The first-order chi connectivity index (χ1) is 7.96. The molecule has 1 aliphatic carbocycles. The molecule has 2 aromatic rings. The standard InChI is InChI=1S/C10H7ClF2IN3/c11-8-7-9(14)15-4-17(7)3-6(16-8)5-1-10(12,13)2-5/h3-5H,1-2H2. The zero-order valence-corrected chi connectivity index (χ0v) is 11.4. The fraction of sp³-hybridized carbons (Fsp3) is 0.400. The molecule has 2 heterocycles. The molecule has 0 amide bonds. The van der Waals surface area contributed by atoms with E-state index in [9.17, 15) is 8.78 Å². The molecule has 0 aromatic carbocycles. The van der Waals surface area contributed by atoms with Gasteiger partial charge in [0, 0.05) is 25.0 Å². The van der Waals surface area contributed by atoms with Crippen LogP contribution in [-0.2, 0) is 0 Å². The molecule has 3 rings (SSSR count). The van der Waals surface area contributed by atoms with Gasteiger partial charge in [0.25, 0.3) is 0 Å². The van der Waals surface area contributed by atoms with E-state index in [4.69, 9.17) is 11.6 Å². The number of hydrogen-bond acceptors (Lipinski definition) is 2. The lowest BCUT2D eigenvalue weighted by Gasteiger charge is -2.34. The van der Waals surface area contributed by atoms with Gasteiger partial charge < -0.3 is 4.40 Å². The Labute approximate surface area is 114 Å². The molecule has 0 radical (unpaired) electrons. The summed E-state index contributed by atoms with van der Waals surface area (Å²) in [4.78, 5) is 8.29. The van der Waals surface area contributed by atoms with Crippen molar-refractivity contribution in [1.29, 1.82) is 0 Å². The summed E-state index contributed by atoms with van der Waals surface area (Å²) >= 11 is 8.10. The number of aromatic nitrogens is 3. The van der Waals surface area contributed by atoms with Gasteiger partial charge in [0.15, 0.2) is 5.15 Å². The number of fused-ring (bicyclic) bond motifs is 1. The molecule has 1 aliphatic rings. The van der Waals surface area contributed by atoms with Gasteiger partial charge in [0.2, 0.25) is 5.92 Å². The van der Waals surface area contributed by atoms with Crippen molar-refractivity contribution in [2.45, 2.75) is 24.7 Å². The summed E-state index contributed by atoms with van der Waals surface area (Å²) in [5.74, 6) is -2.75. The van der Waals surface area contributed by atoms with E-state index in [1.54, 1.807) is 16.9 Å². The SMILES string of the molecule is FC1(F)CC(c2cn3cnc(I)c3c(Cl)n2)C1. The fourth-order valence-corrected chi connectivity index (χ4v) is 3.14. The maximum Gasteiger partial charge on any atom is 0.249 e. The molecule has 0 aliphatic heterocycles.